The zero-order chi connectivity index (χ0) is 26.3. The van der Waals surface area contributed by atoms with Crippen molar-refractivity contribution in [2.24, 2.45) is 11.8 Å². The smallest absolute Gasteiger partial charge is 0.173 e. The first kappa shape index (κ1) is 23.4. The third-order valence-corrected chi connectivity index (χ3v) is 8.33. The number of phenolic OH excluding ortho intramolecular Hbond substituents is 4. The minimum Gasteiger partial charge on any atom is -0.508 e. The Labute approximate surface area is 212 Å². The van der Waals surface area contributed by atoms with Crippen LogP contribution in [0.3, 0.4) is 0 Å². The highest BCUT2D eigenvalue weighted by atomic mass is 16.5. The van der Waals surface area contributed by atoms with Gasteiger partial charge in [0.1, 0.15) is 34.3 Å². The van der Waals surface area contributed by atoms with Crippen molar-refractivity contribution in [1.29, 1.82) is 0 Å². The summed E-state index contributed by atoms with van der Waals surface area (Å²) in [6.45, 7) is 3.67. The Kier molecular flexibility index (Phi) is 5.04. The summed E-state index contributed by atoms with van der Waals surface area (Å²) in [5, 5.41) is 55.0. The van der Waals surface area contributed by atoms with E-state index in [1.807, 2.05) is 6.92 Å². The summed E-state index contributed by atoms with van der Waals surface area (Å²) in [5.74, 6) is -3.74. The molecule has 8 nitrogen and oxygen atoms in total. The van der Waals surface area contributed by atoms with Crippen LogP contribution in [0, 0.1) is 11.8 Å². The molecule has 0 bridgehead atoms. The Morgan fingerprint density at radius 1 is 0.973 bits per heavy atom. The van der Waals surface area contributed by atoms with E-state index in [-0.39, 0.29) is 69.9 Å². The van der Waals surface area contributed by atoms with Crippen molar-refractivity contribution in [1.82, 2.24) is 0 Å². The van der Waals surface area contributed by atoms with E-state index in [0.29, 0.717) is 28.5 Å². The Morgan fingerprint density at radius 2 is 1.73 bits per heavy atom. The highest BCUT2D eigenvalue weighted by Crippen LogP contribution is 2.60. The molecule has 2 aliphatic carbocycles. The first-order chi connectivity index (χ1) is 17.6. The summed E-state index contributed by atoms with van der Waals surface area (Å²) < 4.78 is 6.02. The molecule has 1 aliphatic heterocycles. The maximum atomic E-state index is 13.5. The Hall–Kier alpha value is -4.04. The molecule has 4 atom stereocenters. The number of aromatic hydroxyl groups is 4. The van der Waals surface area contributed by atoms with Gasteiger partial charge in [-0.2, -0.15) is 0 Å². The fourth-order valence-corrected chi connectivity index (χ4v) is 6.59. The molecule has 3 aliphatic rings. The molecular formula is C29H26O8. The normalized spacial score (nSPS) is 24.9. The van der Waals surface area contributed by atoms with Gasteiger partial charge in [-0.1, -0.05) is 17.7 Å². The molecule has 0 saturated heterocycles. The van der Waals surface area contributed by atoms with Crippen molar-refractivity contribution in [3.63, 3.8) is 0 Å². The second-order valence-corrected chi connectivity index (χ2v) is 10.2. The molecule has 0 saturated carbocycles. The lowest BCUT2D eigenvalue weighted by molar-refractivity contribution is -0.127. The molecule has 0 radical (unpaired) electrons. The molecule has 3 aromatic rings. The van der Waals surface area contributed by atoms with Crippen molar-refractivity contribution in [2.75, 3.05) is 6.61 Å². The maximum absolute atomic E-state index is 13.5. The molecular weight excluding hydrogens is 476 g/mol. The molecule has 0 spiro atoms. The fourth-order valence-electron chi connectivity index (χ4n) is 6.59. The number of allylic oxidation sites excluding steroid dienone is 2. The number of hydrogen-bond donors (Lipinski definition) is 5. The number of aliphatic hydroxyl groups is 1. The van der Waals surface area contributed by atoms with E-state index in [4.69, 9.17) is 4.74 Å². The molecule has 0 fully saturated rings. The van der Waals surface area contributed by atoms with Crippen molar-refractivity contribution in [2.45, 2.75) is 38.7 Å². The second kappa shape index (κ2) is 7.98. The van der Waals surface area contributed by atoms with Gasteiger partial charge in [0.2, 0.25) is 0 Å². The molecule has 0 amide bonds. The molecule has 37 heavy (non-hydrogen) atoms. The molecule has 190 valence electrons. The number of rotatable bonds is 1. The van der Waals surface area contributed by atoms with Gasteiger partial charge in [-0.15, -0.1) is 0 Å². The van der Waals surface area contributed by atoms with Crippen molar-refractivity contribution >= 4 is 22.3 Å². The molecule has 3 aromatic carbocycles. The third-order valence-electron chi connectivity index (χ3n) is 8.33. The highest BCUT2D eigenvalue weighted by Gasteiger charge is 2.51. The van der Waals surface area contributed by atoms with E-state index in [1.165, 1.54) is 12.1 Å². The minimum atomic E-state index is -1.32. The number of phenols is 4. The Morgan fingerprint density at radius 3 is 2.49 bits per heavy atom. The molecule has 6 rings (SSSR count). The van der Waals surface area contributed by atoms with E-state index in [2.05, 4.69) is 0 Å². The van der Waals surface area contributed by atoms with Gasteiger partial charge in [0, 0.05) is 29.5 Å². The summed E-state index contributed by atoms with van der Waals surface area (Å²) in [5.41, 5.74) is 2.34. The van der Waals surface area contributed by atoms with Gasteiger partial charge >= 0.3 is 0 Å². The SMILES string of the molecule is CC1=C(C)C(=O)C2C(O)c3c(O)cc(O)cc3C(c3c4c(c(O)c5c(O)cccc35)C(=O)CCO4)C2C1. The number of carbonyl (C=O) groups excluding carboxylic acids is 2. The summed E-state index contributed by atoms with van der Waals surface area (Å²) in [6.07, 6.45) is -0.835. The third kappa shape index (κ3) is 3.12. The van der Waals surface area contributed by atoms with Crippen LogP contribution < -0.4 is 4.74 Å². The van der Waals surface area contributed by atoms with Crippen LogP contribution in [0.25, 0.3) is 10.8 Å². The number of ketones is 2. The second-order valence-electron chi connectivity index (χ2n) is 10.2. The molecule has 4 unspecified atom stereocenters. The van der Waals surface area contributed by atoms with Crippen molar-refractivity contribution < 1.29 is 39.9 Å². The van der Waals surface area contributed by atoms with Gasteiger partial charge in [-0.3, -0.25) is 9.59 Å². The van der Waals surface area contributed by atoms with Gasteiger partial charge in [0.05, 0.1) is 24.0 Å². The standard InChI is InChI=1S/C29H26O8/c1-11-8-15-20(16-9-13(30)10-19(33)22(16)27(35)24(15)26(34)12(11)2)23-14-4-3-5-17(31)21(14)28(36)25-18(32)6-7-37-29(23)25/h3-5,9-10,15,20,24,27,30-31,33,35-36H,6-8H2,1-2H3. The van der Waals surface area contributed by atoms with Crippen LogP contribution in [0.4, 0.5) is 0 Å². The molecule has 5 N–H and O–H groups in total. The largest absolute Gasteiger partial charge is 0.508 e. The van der Waals surface area contributed by atoms with E-state index in [0.717, 1.165) is 11.6 Å². The average molecular weight is 503 g/mol. The first-order valence-corrected chi connectivity index (χ1v) is 12.2. The number of fused-ring (bicyclic) bond motifs is 4. The maximum Gasteiger partial charge on any atom is 0.173 e. The topological polar surface area (TPSA) is 145 Å². The predicted octanol–water partition coefficient (Wildman–Crippen LogP) is 4.35. The number of Topliss-reactive ketones (excluding diaryl/α,β-unsaturated/α-hetero) is 2. The van der Waals surface area contributed by atoms with Crippen LogP contribution in [0.1, 0.15) is 65.8 Å². The summed E-state index contributed by atoms with van der Waals surface area (Å²) in [7, 11) is 0. The number of aliphatic hydroxyl groups excluding tert-OH is 1. The minimum absolute atomic E-state index is 0.0468. The number of carbonyl (C=O) groups is 2. The van der Waals surface area contributed by atoms with Crippen LogP contribution in [0.5, 0.6) is 28.7 Å². The van der Waals surface area contributed by atoms with E-state index in [1.54, 1.807) is 19.1 Å². The van der Waals surface area contributed by atoms with Crippen molar-refractivity contribution in [3.05, 3.63) is 63.7 Å². The van der Waals surface area contributed by atoms with Crippen LogP contribution >= 0.6 is 0 Å². The zero-order valence-corrected chi connectivity index (χ0v) is 20.3. The monoisotopic (exact) mass is 502 g/mol. The lowest BCUT2D eigenvalue weighted by atomic mass is 9.58. The summed E-state index contributed by atoms with van der Waals surface area (Å²) in [4.78, 5) is 26.6. The highest BCUT2D eigenvalue weighted by molar-refractivity contribution is 6.11. The molecule has 0 aromatic heterocycles. The van der Waals surface area contributed by atoms with Gasteiger partial charge in [-0.05, 0) is 54.8 Å². The van der Waals surface area contributed by atoms with E-state index in [9.17, 15) is 35.1 Å². The van der Waals surface area contributed by atoms with Gasteiger partial charge < -0.3 is 30.3 Å². The predicted molar refractivity (Wildman–Crippen MR) is 133 cm³/mol. The Bertz CT molecular complexity index is 1570. The van der Waals surface area contributed by atoms with E-state index < -0.39 is 23.9 Å². The average Bonchev–Trinajstić information content (AvgIpc) is 2.83. The molecule has 1 heterocycles. The molecule has 8 heteroatoms. The van der Waals surface area contributed by atoms with Crippen molar-refractivity contribution in [3.8, 4) is 28.7 Å². The van der Waals surface area contributed by atoms with Crippen LogP contribution in [-0.4, -0.2) is 43.7 Å². The van der Waals surface area contributed by atoms with Gasteiger partial charge in [-0.25, -0.2) is 0 Å². The Balaban J connectivity index is 1.78. The lowest BCUT2D eigenvalue weighted by Gasteiger charge is -2.46. The van der Waals surface area contributed by atoms with E-state index >= 15 is 0 Å². The fraction of sp³-hybridized carbons (Fsp3) is 0.310. The van der Waals surface area contributed by atoms with Crippen LogP contribution in [0.15, 0.2) is 41.5 Å². The van der Waals surface area contributed by atoms with Gasteiger partial charge in [0.25, 0.3) is 0 Å². The summed E-state index contributed by atoms with van der Waals surface area (Å²) in [6, 6.07) is 7.27. The lowest BCUT2D eigenvalue weighted by Crippen LogP contribution is -2.42. The number of hydrogen-bond acceptors (Lipinski definition) is 8. The number of benzene rings is 3. The first-order valence-electron chi connectivity index (χ1n) is 12.2. The summed E-state index contributed by atoms with van der Waals surface area (Å²) >= 11 is 0. The quantitative estimate of drug-likeness (QED) is 0.330. The van der Waals surface area contributed by atoms with Crippen LogP contribution in [-0.2, 0) is 4.79 Å². The van der Waals surface area contributed by atoms with Crippen LogP contribution in [0.2, 0.25) is 0 Å². The zero-order valence-electron chi connectivity index (χ0n) is 20.3. The van der Waals surface area contributed by atoms with Gasteiger partial charge in [0.15, 0.2) is 11.6 Å². The number of ether oxygens (including phenoxy) is 1.